The van der Waals surface area contributed by atoms with E-state index in [2.05, 4.69) is 10.4 Å². The fourth-order valence-corrected chi connectivity index (χ4v) is 3.17. The summed E-state index contributed by atoms with van der Waals surface area (Å²) in [4.78, 5) is 12.6. The Bertz CT molecular complexity index is 1190. The highest BCUT2D eigenvalue weighted by Crippen LogP contribution is 2.18. The van der Waals surface area contributed by atoms with Gasteiger partial charge in [-0.15, -0.1) is 0 Å². The number of halogens is 2. The third-order valence-corrected chi connectivity index (χ3v) is 4.79. The van der Waals surface area contributed by atoms with Crippen LogP contribution in [0.2, 0.25) is 5.02 Å². The molecule has 0 radical (unpaired) electrons. The van der Waals surface area contributed by atoms with Gasteiger partial charge in [0.05, 0.1) is 18.4 Å². The lowest BCUT2D eigenvalue weighted by Crippen LogP contribution is -2.12. The van der Waals surface area contributed by atoms with Crippen molar-refractivity contribution in [2.45, 2.75) is 13.2 Å². The van der Waals surface area contributed by atoms with E-state index in [1.165, 1.54) is 12.1 Å². The number of benzene rings is 3. The number of ether oxygens (including phenoxy) is 1. The van der Waals surface area contributed by atoms with Gasteiger partial charge in [-0.25, -0.2) is 4.39 Å². The van der Waals surface area contributed by atoms with Crippen LogP contribution >= 0.6 is 11.6 Å². The normalized spacial score (nSPS) is 10.6. The smallest absolute Gasteiger partial charge is 0.255 e. The molecule has 0 aliphatic carbocycles. The van der Waals surface area contributed by atoms with Gasteiger partial charge < -0.3 is 10.1 Å². The first-order chi connectivity index (χ1) is 15.0. The van der Waals surface area contributed by atoms with Crippen molar-refractivity contribution in [1.82, 2.24) is 9.78 Å². The Hall–Kier alpha value is -3.64. The minimum absolute atomic E-state index is 0.251. The predicted molar refractivity (Wildman–Crippen MR) is 118 cm³/mol. The highest BCUT2D eigenvalue weighted by Gasteiger charge is 2.09. The maximum absolute atomic E-state index is 13.3. The monoisotopic (exact) mass is 435 g/mol. The van der Waals surface area contributed by atoms with E-state index < -0.39 is 0 Å². The molecule has 0 atom stereocenters. The van der Waals surface area contributed by atoms with Crippen LogP contribution in [-0.4, -0.2) is 15.7 Å². The van der Waals surface area contributed by atoms with E-state index >= 15 is 0 Å². The summed E-state index contributed by atoms with van der Waals surface area (Å²) in [6.45, 7) is 0.736. The molecular formula is C24H19ClFN3O2. The van der Waals surface area contributed by atoms with Crippen molar-refractivity contribution in [3.8, 4) is 5.75 Å². The van der Waals surface area contributed by atoms with Gasteiger partial charge in [0.15, 0.2) is 0 Å². The van der Waals surface area contributed by atoms with Crippen LogP contribution in [-0.2, 0) is 13.2 Å². The van der Waals surface area contributed by atoms with Gasteiger partial charge in [0.2, 0.25) is 0 Å². The van der Waals surface area contributed by atoms with Crippen LogP contribution in [0.25, 0.3) is 0 Å². The Morgan fingerprint density at radius 3 is 2.61 bits per heavy atom. The largest absolute Gasteiger partial charge is 0.489 e. The van der Waals surface area contributed by atoms with Gasteiger partial charge in [0.25, 0.3) is 5.91 Å². The first-order valence-electron chi connectivity index (χ1n) is 9.61. The molecule has 0 saturated carbocycles. The summed E-state index contributed by atoms with van der Waals surface area (Å²) in [6, 6.07) is 20.6. The summed E-state index contributed by atoms with van der Waals surface area (Å²) in [6.07, 6.45) is 3.26. The van der Waals surface area contributed by atoms with E-state index in [4.69, 9.17) is 16.3 Å². The second kappa shape index (κ2) is 9.45. The van der Waals surface area contributed by atoms with E-state index in [9.17, 15) is 9.18 Å². The lowest BCUT2D eigenvalue weighted by atomic mass is 10.1. The third-order valence-electron chi connectivity index (χ3n) is 4.53. The first kappa shape index (κ1) is 20.6. The molecule has 4 rings (SSSR count). The number of nitrogens with one attached hydrogen (secondary N) is 1. The minimum Gasteiger partial charge on any atom is -0.489 e. The number of anilines is 1. The van der Waals surface area contributed by atoms with Crippen LogP contribution in [0.4, 0.5) is 10.1 Å². The molecule has 4 aromatic rings. The molecule has 156 valence electrons. The molecule has 1 amide bonds. The second-order valence-electron chi connectivity index (χ2n) is 6.95. The summed E-state index contributed by atoms with van der Waals surface area (Å²) in [5.41, 5.74) is 2.72. The van der Waals surface area contributed by atoms with Crippen LogP contribution in [0.5, 0.6) is 5.75 Å². The summed E-state index contributed by atoms with van der Waals surface area (Å²) >= 11 is 5.88. The number of carbonyl (C=O) groups is 1. The Morgan fingerprint density at radius 1 is 1.03 bits per heavy atom. The molecule has 1 aromatic heterocycles. The Balaban J connectivity index is 1.37. The van der Waals surface area contributed by atoms with Crippen LogP contribution in [0.3, 0.4) is 0 Å². The molecule has 0 bridgehead atoms. The van der Waals surface area contributed by atoms with E-state index in [0.717, 1.165) is 11.1 Å². The standard InChI is InChI=1S/C24H19ClFN3O2/c25-20-7-9-23(10-8-20)31-16-18-4-1-5-19(11-18)24(30)28-22-13-27-29(15-22)14-17-3-2-6-21(26)12-17/h1-13,15H,14,16H2,(H,28,30). The quantitative estimate of drug-likeness (QED) is 0.413. The van der Waals surface area contributed by atoms with Crippen molar-refractivity contribution < 1.29 is 13.9 Å². The maximum atomic E-state index is 13.3. The van der Waals surface area contributed by atoms with Crippen LogP contribution in [0, 0.1) is 5.82 Å². The van der Waals surface area contributed by atoms with Gasteiger partial charge >= 0.3 is 0 Å². The average molecular weight is 436 g/mol. The zero-order chi connectivity index (χ0) is 21.6. The summed E-state index contributed by atoms with van der Waals surface area (Å²) in [5, 5.41) is 7.70. The average Bonchev–Trinajstić information content (AvgIpc) is 3.20. The van der Waals surface area contributed by atoms with Crippen molar-refractivity contribution in [1.29, 1.82) is 0 Å². The van der Waals surface area contributed by atoms with Crippen LogP contribution in [0.15, 0.2) is 85.2 Å². The van der Waals surface area contributed by atoms with Gasteiger partial charge in [-0.2, -0.15) is 5.10 Å². The number of aromatic nitrogens is 2. The molecule has 7 heteroatoms. The van der Waals surface area contributed by atoms with Crippen molar-refractivity contribution >= 4 is 23.2 Å². The highest BCUT2D eigenvalue weighted by atomic mass is 35.5. The molecule has 0 spiro atoms. The lowest BCUT2D eigenvalue weighted by Gasteiger charge is -2.08. The number of carbonyl (C=O) groups excluding carboxylic acids is 1. The molecule has 5 nitrogen and oxygen atoms in total. The molecular weight excluding hydrogens is 417 g/mol. The molecule has 3 aromatic carbocycles. The molecule has 1 heterocycles. The number of amides is 1. The van der Waals surface area contributed by atoms with Crippen molar-refractivity contribution in [2.24, 2.45) is 0 Å². The zero-order valence-corrected chi connectivity index (χ0v) is 17.2. The summed E-state index contributed by atoms with van der Waals surface area (Å²) in [7, 11) is 0. The van der Waals surface area contributed by atoms with E-state index in [-0.39, 0.29) is 11.7 Å². The minimum atomic E-state index is -0.293. The van der Waals surface area contributed by atoms with Gasteiger partial charge in [-0.1, -0.05) is 35.9 Å². The zero-order valence-electron chi connectivity index (χ0n) is 16.5. The maximum Gasteiger partial charge on any atom is 0.255 e. The van der Waals surface area contributed by atoms with Crippen LogP contribution in [0.1, 0.15) is 21.5 Å². The molecule has 0 fully saturated rings. The van der Waals surface area contributed by atoms with E-state index in [1.54, 1.807) is 59.5 Å². The molecule has 1 N–H and O–H groups in total. The number of hydrogen-bond acceptors (Lipinski definition) is 3. The summed E-state index contributed by atoms with van der Waals surface area (Å²) < 4.78 is 20.7. The van der Waals surface area contributed by atoms with Crippen molar-refractivity contribution in [3.05, 3.63) is 113 Å². The lowest BCUT2D eigenvalue weighted by molar-refractivity contribution is 0.102. The topological polar surface area (TPSA) is 56.2 Å². The number of hydrogen-bond donors (Lipinski definition) is 1. The van der Waals surface area contributed by atoms with Gasteiger partial charge in [0, 0.05) is 16.8 Å². The van der Waals surface area contributed by atoms with Gasteiger partial charge in [-0.3, -0.25) is 9.48 Å². The third kappa shape index (κ3) is 5.71. The van der Waals surface area contributed by atoms with Crippen molar-refractivity contribution in [2.75, 3.05) is 5.32 Å². The fourth-order valence-electron chi connectivity index (χ4n) is 3.04. The molecule has 0 aliphatic heterocycles. The Morgan fingerprint density at radius 2 is 1.81 bits per heavy atom. The molecule has 0 saturated heterocycles. The predicted octanol–water partition coefficient (Wildman–Crippen LogP) is 5.56. The second-order valence-corrected chi connectivity index (χ2v) is 7.39. The Labute approximate surface area is 184 Å². The Kier molecular flexibility index (Phi) is 6.29. The fraction of sp³-hybridized carbons (Fsp3) is 0.0833. The number of rotatable bonds is 7. The van der Waals surface area contributed by atoms with Crippen LogP contribution < -0.4 is 10.1 Å². The van der Waals surface area contributed by atoms with E-state index in [0.29, 0.717) is 35.2 Å². The first-order valence-corrected chi connectivity index (χ1v) is 9.98. The van der Waals surface area contributed by atoms with Crippen molar-refractivity contribution in [3.63, 3.8) is 0 Å². The van der Waals surface area contributed by atoms with Gasteiger partial charge in [-0.05, 0) is 59.7 Å². The highest BCUT2D eigenvalue weighted by molar-refractivity contribution is 6.30. The summed E-state index contributed by atoms with van der Waals surface area (Å²) in [5.74, 6) is 0.154. The van der Waals surface area contributed by atoms with Gasteiger partial charge in [0.1, 0.15) is 18.2 Å². The SMILES string of the molecule is O=C(Nc1cnn(Cc2cccc(F)c2)c1)c1cccc(COc2ccc(Cl)cc2)c1. The van der Waals surface area contributed by atoms with E-state index in [1.807, 2.05) is 18.2 Å². The molecule has 0 aliphatic rings. The number of nitrogens with zero attached hydrogens (tertiary/aromatic N) is 2. The molecule has 31 heavy (non-hydrogen) atoms. The molecule has 0 unspecified atom stereocenters.